The minimum Gasteiger partial charge on any atom is -0.350 e. The molecule has 194 valence electrons. The molecule has 0 radical (unpaired) electrons. The first-order chi connectivity index (χ1) is 20.3. The number of aromatic nitrogens is 3. The Morgan fingerprint density at radius 1 is 0.846 bits per heavy atom. The van der Waals surface area contributed by atoms with Gasteiger partial charge in [0.25, 0.3) is 11.8 Å². The van der Waals surface area contributed by atoms with E-state index in [4.69, 9.17) is 4.11 Å². The second-order valence-electron chi connectivity index (χ2n) is 10.3. The van der Waals surface area contributed by atoms with E-state index in [0.717, 1.165) is 49.1 Å². The fourth-order valence-corrected chi connectivity index (χ4v) is 6.13. The molecule has 2 aromatic carbocycles. The first-order valence-corrected chi connectivity index (χ1v) is 13.2. The van der Waals surface area contributed by atoms with Gasteiger partial charge in [-0.05, 0) is 37.1 Å². The minimum atomic E-state index is -2.45. The van der Waals surface area contributed by atoms with Gasteiger partial charge in [0.2, 0.25) is 0 Å². The molecule has 0 saturated carbocycles. The van der Waals surface area contributed by atoms with E-state index in [1.54, 1.807) is 24.3 Å². The molecule has 0 bridgehead atoms. The van der Waals surface area contributed by atoms with Crippen LogP contribution in [0.3, 0.4) is 0 Å². The van der Waals surface area contributed by atoms with Gasteiger partial charge in [-0.1, -0.05) is 42.5 Å². The van der Waals surface area contributed by atoms with Crippen molar-refractivity contribution in [3.05, 3.63) is 102 Å². The van der Waals surface area contributed by atoms with Crippen LogP contribution in [0.15, 0.2) is 85.3 Å². The van der Waals surface area contributed by atoms with E-state index in [0.29, 0.717) is 22.0 Å². The minimum absolute atomic E-state index is 0.201. The third-order valence-electron chi connectivity index (χ3n) is 7.98. The number of carbonyl (C=O) groups is 2. The van der Waals surface area contributed by atoms with Gasteiger partial charge in [0.15, 0.2) is 0 Å². The first kappa shape index (κ1) is 20.5. The lowest BCUT2D eigenvalue weighted by atomic mass is 9.95. The fourth-order valence-electron chi connectivity index (χ4n) is 6.13. The maximum absolute atomic E-state index is 13.4. The molecule has 2 aliphatic rings. The zero-order valence-electron chi connectivity index (χ0n) is 24.3. The van der Waals surface area contributed by atoms with Crippen molar-refractivity contribution in [1.82, 2.24) is 24.3 Å². The molecule has 7 nitrogen and oxygen atoms in total. The smallest absolute Gasteiger partial charge is 0.259 e. The predicted octanol–water partition coefficient (Wildman–Crippen LogP) is 4.93. The molecule has 3 aromatic heterocycles. The van der Waals surface area contributed by atoms with Crippen LogP contribution in [-0.2, 0) is 23.1 Å². The summed E-state index contributed by atoms with van der Waals surface area (Å²) in [5, 5.41) is 3.97. The number of pyridine rings is 1. The molecular weight excluding hydrogens is 487 g/mol. The van der Waals surface area contributed by atoms with Gasteiger partial charge in [-0.2, -0.15) is 0 Å². The molecule has 7 rings (SSSR count). The van der Waals surface area contributed by atoms with E-state index in [9.17, 15) is 9.59 Å². The van der Waals surface area contributed by atoms with Crippen LogP contribution in [0.2, 0.25) is 0 Å². The van der Waals surface area contributed by atoms with Crippen molar-refractivity contribution >= 4 is 44.8 Å². The Balaban J connectivity index is 1.31. The summed E-state index contributed by atoms with van der Waals surface area (Å²) in [6.07, 6.45) is 7.17. The molecule has 1 N–H and O–H groups in total. The lowest BCUT2D eigenvalue weighted by Crippen LogP contribution is -2.34. The SMILES string of the molecule is [2H][13C]([2H])([2H])n1cc(C2=C(c3cn(C4CCN(Cc5ccccn5)CC4)c4ccccc34)C(=O)NC2=O)c2ccccc21. The highest BCUT2D eigenvalue weighted by atomic mass is 16.2. The first-order valence-electron chi connectivity index (χ1n) is 14.7. The third-order valence-corrected chi connectivity index (χ3v) is 7.98. The van der Waals surface area contributed by atoms with E-state index in [-0.39, 0.29) is 17.2 Å². The number of hydrogen-bond acceptors (Lipinski definition) is 4. The monoisotopic (exact) mass is 519 g/mol. The fraction of sp³-hybridized carbons (Fsp3) is 0.219. The van der Waals surface area contributed by atoms with Crippen molar-refractivity contribution in [3.63, 3.8) is 0 Å². The third kappa shape index (κ3) is 3.97. The second-order valence-corrected chi connectivity index (χ2v) is 10.3. The summed E-state index contributed by atoms with van der Waals surface area (Å²) >= 11 is 0. The molecule has 7 heteroatoms. The van der Waals surface area contributed by atoms with Gasteiger partial charge in [0.1, 0.15) is 0 Å². The van der Waals surface area contributed by atoms with Crippen LogP contribution in [0.5, 0.6) is 0 Å². The van der Waals surface area contributed by atoms with Crippen molar-refractivity contribution in [2.24, 2.45) is 6.98 Å². The van der Waals surface area contributed by atoms with E-state index >= 15 is 0 Å². The largest absolute Gasteiger partial charge is 0.350 e. The molecule has 39 heavy (non-hydrogen) atoms. The maximum Gasteiger partial charge on any atom is 0.259 e. The summed E-state index contributed by atoms with van der Waals surface area (Å²) < 4.78 is 27.6. The average Bonchev–Trinajstić information content (AvgIpc) is 3.64. The van der Waals surface area contributed by atoms with Crippen molar-refractivity contribution < 1.29 is 13.7 Å². The van der Waals surface area contributed by atoms with Crippen molar-refractivity contribution in [2.75, 3.05) is 13.1 Å². The number of benzene rings is 2. The van der Waals surface area contributed by atoms with Gasteiger partial charge in [-0.15, -0.1) is 0 Å². The van der Waals surface area contributed by atoms with Crippen LogP contribution < -0.4 is 5.32 Å². The second kappa shape index (κ2) is 9.36. The van der Waals surface area contributed by atoms with E-state index in [1.807, 2.05) is 48.8 Å². The number of rotatable bonds is 5. The van der Waals surface area contributed by atoms with E-state index < -0.39 is 18.8 Å². The van der Waals surface area contributed by atoms with Gasteiger partial charge >= 0.3 is 0 Å². The Bertz CT molecular complexity index is 1880. The van der Waals surface area contributed by atoms with Crippen molar-refractivity contribution in [1.29, 1.82) is 0 Å². The van der Waals surface area contributed by atoms with Crippen LogP contribution in [0, 0.1) is 0 Å². The molecule has 5 heterocycles. The Hall–Kier alpha value is -4.49. The summed E-state index contributed by atoms with van der Waals surface area (Å²) in [6, 6.07) is 21.2. The number of likely N-dealkylation sites (tertiary alicyclic amines) is 1. The lowest BCUT2D eigenvalue weighted by Gasteiger charge is -2.33. The zero-order valence-corrected chi connectivity index (χ0v) is 21.3. The standard InChI is InChI=1S/C32H29N5O2/c1-35-19-25(23-9-2-4-11-27(23)35)29-30(32(39)34-31(29)38)26-20-37(28-12-5-3-10-24(26)28)22-13-16-36(17-14-22)18-21-8-6-7-15-33-21/h2-12,15,19-20,22H,13-14,16-18H2,1H3,(H,34,38,39)/i1+1D3. The van der Waals surface area contributed by atoms with Gasteiger partial charge in [-0.25, -0.2) is 0 Å². The number of aryl methyl sites for hydroxylation is 1. The number of fused-ring (bicyclic) bond motifs is 2. The number of nitrogens with one attached hydrogen (secondary N) is 1. The molecule has 0 spiro atoms. The molecule has 1 fully saturated rings. The number of hydrogen-bond donors (Lipinski definition) is 1. The van der Waals surface area contributed by atoms with Crippen LogP contribution in [-0.4, -0.2) is 43.9 Å². The highest BCUT2D eigenvalue weighted by Gasteiger charge is 2.36. The number of para-hydroxylation sites is 2. The molecular formula is C32H29N5O2. The molecule has 0 unspecified atom stereocenters. The van der Waals surface area contributed by atoms with Gasteiger partial charge < -0.3 is 9.13 Å². The number of carbonyl (C=O) groups excluding carboxylic acids is 2. The highest BCUT2D eigenvalue weighted by molar-refractivity contribution is 6.50. The lowest BCUT2D eigenvalue weighted by molar-refractivity contribution is -0.122. The number of amides is 2. The van der Waals surface area contributed by atoms with Crippen LogP contribution in [0.4, 0.5) is 0 Å². The number of piperidine rings is 1. The van der Waals surface area contributed by atoms with Gasteiger partial charge in [-0.3, -0.25) is 24.8 Å². The summed E-state index contributed by atoms with van der Waals surface area (Å²) in [7, 11) is 0. The van der Waals surface area contributed by atoms with E-state index in [1.165, 1.54) is 10.8 Å². The molecule has 2 aliphatic heterocycles. The van der Waals surface area contributed by atoms with Gasteiger partial charge in [0.05, 0.1) is 16.8 Å². The van der Waals surface area contributed by atoms with Crippen molar-refractivity contribution in [2.45, 2.75) is 25.4 Å². The van der Waals surface area contributed by atoms with Crippen LogP contribution in [0.25, 0.3) is 33.0 Å². The Labute approximate surface area is 230 Å². The zero-order chi connectivity index (χ0) is 29.0. The summed E-state index contributed by atoms with van der Waals surface area (Å²) in [6.45, 7) is 0.210. The predicted molar refractivity (Wildman–Crippen MR) is 153 cm³/mol. The average molecular weight is 520 g/mol. The van der Waals surface area contributed by atoms with Crippen LogP contribution >= 0.6 is 0 Å². The summed E-state index contributed by atoms with van der Waals surface area (Å²) in [4.78, 5) is 33.6. The summed E-state index contributed by atoms with van der Waals surface area (Å²) in [5.74, 6) is -1.00. The van der Waals surface area contributed by atoms with Crippen LogP contribution in [0.1, 0.15) is 39.8 Å². The Kier molecular flexibility index (Phi) is 4.91. The maximum atomic E-state index is 13.4. The molecule has 0 atom stereocenters. The Morgan fingerprint density at radius 2 is 1.49 bits per heavy atom. The molecule has 0 aliphatic carbocycles. The topological polar surface area (TPSA) is 72.2 Å². The normalized spacial score (nSPS) is 18.5. The number of imide groups is 1. The van der Waals surface area contributed by atoms with Crippen molar-refractivity contribution in [3.8, 4) is 0 Å². The quantitative estimate of drug-likeness (QED) is 0.264. The molecule has 1 saturated heterocycles. The summed E-state index contributed by atoms with van der Waals surface area (Å²) in [5.41, 5.74) is 4.11. The van der Waals surface area contributed by atoms with E-state index in [2.05, 4.69) is 25.8 Å². The molecule has 2 amide bonds. The van der Waals surface area contributed by atoms with Gasteiger partial charge in [0, 0.05) is 88.3 Å². The Morgan fingerprint density at radius 3 is 2.18 bits per heavy atom. The number of nitrogens with zero attached hydrogens (tertiary/aromatic N) is 4. The molecule has 5 aromatic rings. The highest BCUT2D eigenvalue weighted by Crippen LogP contribution is 2.40.